The Hall–Kier alpha value is -1.68. The van der Waals surface area contributed by atoms with Crippen LogP contribution in [-0.4, -0.2) is 15.4 Å². The van der Waals surface area contributed by atoms with E-state index in [9.17, 15) is 4.21 Å². The fraction of sp³-hybridized carbons (Fsp3) is 0.214. The molecule has 0 saturated heterocycles. The van der Waals surface area contributed by atoms with Gasteiger partial charge in [-0.3, -0.25) is 9.19 Å². The summed E-state index contributed by atoms with van der Waals surface area (Å²) in [5, 5.41) is 3.33. The van der Waals surface area contributed by atoms with Crippen LogP contribution in [0.1, 0.15) is 11.3 Å². The minimum Gasteiger partial charge on any atom is -0.381 e. The Balaban J connectivity index is 2.00. The smallest absolute Gasteiger partial charge is 0.0498 e. The zero-order valence-corrected chi connectivity index (χ0v) is 11.3. The van der Waals surface area contributed by atoms with Crippen LogP contribution in [0.5, 0.6) is 0 Å². The molecule has 0 aliphatic rings. The maximum atomic E-state index is 11.3. The Morgan fingerprint density at radius 2 is 1.94 bits per heavy atom. The Morgan fingerprint density at radius 3 is 2.56 bits per heavy atom. The van der Waals surface area contributed by atoms with E-state index >= 15 is 0 Å². The minimum absolute atomic E-state index is 0.750. The average molecular weight is 260 g/mol. The highest BCUT2D eigenvalue weighted by molar-refractivity contribution is 7.84. The predicted molar refractivity (Wildman–Crippen MR) is 75.1 cm³/mol. The van der Waals surface area contributed by atoms with E-state index in [1.165, 1.54) is 5.56 Å². The van der Waals surface area contributed by atoms with Crippen molar-refractivity contribution in [3.63, 3.8) is 0 Å². The second-order valence-electron chi connectivity index (χ2n) is 4.14. The van der Waals surface area contributed by atoms with Crippen molar-refractivity contribution in [2.45, 2.75) is 18.4 Å². The van der Waals surface area contributed by atoms with Gasteiger partial charge in [-0.1, -0.05) is 12.1 Å². The molecule has 0 radical (unpaired) electrons. The lowest BCUT2D eigenvalue weighted by Gasteiger charge is -2.07. The second kappa shape index (κ2) is 5.78. The second-order valence-corrected chi connectivity index (χ2v) is 5.52. The van der Waals surface area contributed by atoms with Crippen molar-refractivity contribution >= 4 is 16.5 Å². The van der Waals surface area contributed by atoms with Crippen LogP contribution < -0.4 is 5.32 Å². The summed E-state index contributed by atoms with van der Waals surface area (Å²) in [6.45, 7) is 2.72. The molecule has 0 amide bonds. The Kier molecular flexibility index (Phi) is 4.10. The number of aromatic nitrogens is 1. The lowest BCUT2D eigenvalue weighted by Crippen LogP contribution is -2.00. The van der Waals surface area contributed by atoms with Gasteiger partial charge in [0, 0.05) is 46.1 Å². The van der Waals surface area contributed by atoms with Crippen molar-refractivity contribution < 1.29 is 4.21 Å². The average Bonchev–Trinajstić information content (AvgIpc) is 2.37. The summed E-state index contributed by atoms with van der Waals surface area (Å²) >= 11 is 0. The molecule has 94 valence electrons. The van der Waals surface area contributed by atoms with Crippen molar-refractivity contribution in [1.82, 2.24) is 4.98 Å². The highest BCUT2D eigenvalue weighted by atomic mass is 32.2. The Labute approximate surface area is 110 Å². The summed E-state index contributed by atoms with van der Waals surface area (Å²) in [6, 6.07) is 11.8. The van der Waals surface area contributed by atoms with Gasteiger partial charge in [-0.05, 0) is 36.8 Å². The summed E-state index contributed by atoms with van der Waals surface area (Å²) < 4.78 is 11.3. The van der Waals surface area contributed by atoms with Gasteiger partial charge in [0.1, 0.15) is 0 Å². The summed E-state index contributed by atoms with van der Waals surface area (Å²) in [5.74, 6) is 0. The first kappa shape index (κ1) is 12.8. The first-order valence-electron chi connectivity index (χ1n) is 5.74. The number of nitrogens with zero attached hydrogens (tertiary/aromatic N) is 1. The molecule has 1 aromatic carbocycles. The Morgan fingerprint density at radius 1 is 1.22 bits per heavy atom. The van der Waals surface area contributed by atoms with Gasteiger partial charge in [0.05, 0.1) is 0 Å². The van der Waals surface area contributed by atoms with Crippen molar-refractivity contribution in [2.75, 3.05) is 11.6 Å². The zero-order chi connectivity index (χ0) is 13.0. The van der Waals surface area contributed by atoms with E-state index in [-0.39, 0.29) is 0 Å². The van der Waals surface area contributed by atoms with Crippen LogP contribution in [0, 0.1) is 6.92 Å². The molecule has 0 saturated carbocycles. The molecular weight excluding hydrogens is 244 g/mol. The maximum absolute atomic E-state index is 11.3. The van der Waals surface area contributed by atoms with Gasteiger partial charge in [-0.2, -0.15) is 0 Å². The third-order valence-corrected chi connectivity index (χ3v) is 3.58. The molecule has 0 fully saturated rings. The molecule has 0 aliphatic heterocycles. The van der Waals surface area contributed by atoms with E-state index in [2.05, 4.69) is 10.3 Å². The molecule has 3 nitrogen and oxygen atoms in total. The number of benzene rings is 1. The highest BCUT2D eigenvalue weighted by Gasteiger charge is 1.98. The zero-order valence-electron chi connectivity index (χ0n) is 10.5. The van der Waals surface area contributed by atoms with E-state index in [1.54, 1.807) is 12.5 Å². The third kappa shape index (κ3) is 3.40. The van der Waals surface area contributed by atoms with Crippen LogP contribution in [0.3, 0.4) is 0 Å². The molecule has 18 heavy (non-hydrogen) atoms. The van der Waals surface area contributed by atoms with E-state index in [4.69, 9.17) is 0 Å². The molecule has 2 rings (SSSR count). The van der Waals surface area contributed by atoms with Gasteiger partial charge in [-0.15, -0.1) is 0 Å². The third-order valence-electron chi connectivity index (χ3n) is 2.65. The van der Waals surface area contributed by atoms with E-state index in [1.807, 2.05) is 43.3 Å². The van der Waals surface area contributed by atoms with Crippen LogP contribution in [-0.2, 0) is 17.3 Å². The van der Waals surface area contributed by atoms with Gasteiger partial charge in [-0.25, -0.2) is 0 Å². The first-order valence-corrected chi connectivity index (χ1v) is 7.30. The van der Waals surface area contributed by atoms with Crippen LogP contribution in [0.2, 0.25) is 0 Å². The standard InChI is InChI=1S/C14H16N2OS/c1-11-9-13(7-8-15-11)16-10-12-3-5-14(6-4-12)18(2)17/h3-9H,10H2,1-2H3,(H,15,16). The molecular formula is C14H16N2OS. The van der Waals surface area contributed by atoms with Gasteiger partial charge in [0.15, 0.2) is 0 Å². The number of aryl methyl sites for hydroxylation is 1. The highest BCUT2D eigenvalue weighted by Crippen LogP contribution is 2.11. The topological polar surface area (TPSA) is 42.0 Å². The van der Waals surface area contributed by atoms with Gasteiger partial charge in [0.25, 0.3) is 0 Å². The molecule has 1 aromatic heterocycles. The van der Waals surface area contributed by atoms with E-state index in [0.29, 0.717) is 0 Å². The van der Waals surface area contributed by atoms with Crippen LogP contribution in [0.25, 0.3) is 0 Å². The van der Waals surface area contributed by atoms with Crippen molar-refractivity contribution in [3.8, 4) is 0 Å². The number of hydrogen-bond donors (Lipinski definition) is 1. The minimum atomic E-state index is -0.909. The molecule has 1 heterocycles. The quantitative estimate of drug-likeness (QED) is 0.919. The largest absolute Gasteiger partial charge is 0.381 e. The number of hydrogen-bond acceptors (Lipinski definition) is 3. The predicted octanol–water partition coefficient (Wildman–Crippen LogP) is 2.74. The van der Waals surface area contributed by atoms with Gasteiger partial charge in [0.2, 0.25) is 0 Å². The monoisotopic (exact) mass is 260 g/mol. The normalized spacial score (nSPS) is 12.1. The van der Waals surface area contributed by atoms with E-state index in [0.717, 1.165) is 22.8 Å². The summed E-state index contributed by atoms with van der Waals surface area (Å²) in [5.41, 5.74) is 3.22. The van der Waals surface area contributed by atoms with Crippen molar-refractivity contribution in [2.24, 2.45) is 0 Å². The van der Waals surface area contributed by atoms with Crippen LogP contribution in [0.15, 0.2) is 47.5 Å². The molecule has 0 bridgehead atoms. The summed E-state index contributed by atoms with van der Waals surface area (Å²) in [6.07, 6.45) is 3.48. The molecule has 4 heteroatoms. The Bertz CT molecular complexity index is 552. The number of pyridine rings is 1. The first-order chi connectivity index (χ1) is 8.65. The lowest BCUT2D eigenvalue weighted by atomic mass is 10.2. The fourth-order valence-corrected chi connectivity index (χ4v) is 2.18. The fourth-order valence-electron chi connectivity index (χ4n) is 1.66. The van der Waals surface area contributed by atoms with Crippen LogP contribution in [0.4, 0.5) is 5.69 Å². The van der Waals surface area contributed by atoms with Gasteiger partial charge < -0.3 is 5.32 Å². The maximum Gasteiger partial charge on any atom is 0.0498 e. The summed E-state index contributed by atoms with van der Waals surface area (Å²) in [4.78, 5) is 5.01. The van der Waals surface area contributed by atoms with Gasteiger partial charge >= 0.3 is 0 Å². The molecule has 1 unspecified atom stereocenters. The molecule has 0 spiro atoms. The molecule has 1 atom stereocenters. The lowest BCUT2D eigenvalue weighted by molar-refractivity contribution is 0.687. The molecule has 2 aromatic rings. The number of rotatable bonds is 4. The van der Waals surface area contributed by atoms with Crippen molar-refractivity contribution in [3.05, 3.63) is 53.9 Å². The SMILES string of the molecule is Cc1cc(NCc2ccc(S(C)=O)cc2)ccn1. The van der Waals surface area contributed by atoms with E-state index < -0.39 is 10.8 Å². The number of nitrogens with one attached hydrogen (secondary N) is 1. The molecule has 1 N–H and O–H groups in total. The number of anilines is 1. The van der Waals surface area contributed by atoms with Crippen molar-refractivity contribution in [1.29, 1.82) is 0 Å². The van der Waals surface area contributed by atoms with Crippen LogP contribution >= 0.6 is 0 Å². The molecule has 0 aliphatic carbocycles. The summed E-state index contributed by atoms with van der Waals surface area (Å²) in [7, 11) is -0.909.